The van der Waals surface area contributed by atoms with Gasteiger partial charge in [-0.3, -0.25) is 0 Å². The molecule has 0 saturated carbocycles. The largest absolute Gasteiger partial charge is 0.479 e. The predicted octanol–water partition coefficient (Wildman–Crippen LogP) is 3.23. The van der Waals surface area contributed by atoms with E-state index in [0.717, 1.165) is 27.6 Å². The summed E-state index contributed by atoms with van der Waals surface area (Å²) in [5.41, 5.74) is -0.586. The number of carbonyl (C=O) groups is 1. The molecule has 0 spiro atoms. The van der Waals surface area contributed by atoms with Crippen LogP contribution in [0.1, 0.15) is 20.8 Å². The molecule has 2 rings (SSSR count). The Kier molecular flexibility index (Phi) is 5.20. The van der Waals surface area contributed by atoms with E-state index in [-0.39, 0.29) is 0 Å². The number of ether oxygens (including phenoxy) is 1. The molecule has 2 N–H and O–H groups in total. The minimum Gasteiger partial charge on any atom is -0.479 e. The molecule has 0 aliphatic heterocycles. The van der Waals surface area contributed by atoms with Gasteiger partial charge in [-0.05, 0) is 32.9 Å². The van der Waals surface area contributed by atoms with E-state index in [9.17, 15) is 4.79 Å². The van der Waals surface area contributed by atoms with Gasteiger partial charge < -0.3 is 14.9 Å². The maximum Gasteiger partial charge on any atom is 0.347 e. The smallest absolute Gasteiger partial charge is 0.347 e. The van der Waals surface area contributed by atoms with Crippen molar-refractivity contribution in [3.8, 4) is 0 Å². The zero-order valence-electron chi connectivity index (χ0n) is 12.3. The average Bonchev–Trinajstić information content (AvgIpc) is 2.34. The summed E-state index contributed by atoms with van der Waals surface area (Å²) >= 11 is 3.64. The SMILES string of the molecule is CC(C)(C)OC(=O)C(Sc1ccccc1)=c1sc(=C(O)O)s1. The van der Waals surface area contributed by atoms with Crippen molar-refractivity contribution in [2.45, 2.75) is 31.3 Å². The van der Waals surface area contributed by atoms with Crippen molar-refractivity contribution in [2.75, 3.05) is 0 Å². The summed E-state index contributed by atoms with van der Waals surface area (Å²) in [6.07, 6.45) is 0. The van der Waals surface area contributed by atoms with E-state index >= 15 is 0 Å². The quantitative estimate of drug-likeness (QED) is 0.653. The summed E-state index contributed by atoms with van der Waals surface area (Å²) in [5, 5.41) is 18.1. The van der Waals surface area contributed by atoms with Crippen molar-refractivity contribution in [3.63, 3.8) is 0 Å². The molecular formula is C15H16O4S3. The average molecular weight is 356 g/mol. The van der Waals surface area contributed by atoms with Gasteiger partial charge in [0.05, 0.1) is 0 Å². The van der Waals surface area contributed by atoms with Gasteiger partial charge in [0.15, 0.2) is 3.85 Å². The van der Waals surface area contributed by atoms with Crippen LogP contribution in [0.5, 0.6) is 0 Å². The van der Waals surface area contributed by atoms with Crippen molar-refractivity contribution in [1.29, 1.82) is 0 Å². The van der Waals surface area contributed by atoms with Crippen LogP contribution in [0.2, 0.25) is 0 Å². The Morgan fingerprint density at radius 2 is 1.68 bits per heavy atom. The minimum atomic E-state index is -0.716. The zero-order valence-corrected chi connectivity index (χ0v) is 14.8. The molecule has 0 fully saturated rings. The molecule has 0 atom stereocenters. The number of hydrogen-bond acceptors (Lipinski definition) is 7. The predicted molar refractivity (Wildman–Crippen MR) is 91.7 cm³/mol. The molecule has 0 aliphatic rings. The number of benzene rings is 1. The van der Waals surface area contributed by atoms with Crippen molar-refractivity contribution >= 4 is 51.3 Å². The molecule has 1 aromatic carbocycles. The van der Waals surface area contributed by atoms with Gasteiger partial charge in [0.25, 0.3) is 0 Å². The Balaban J connectivity index is 2.40. The van der Waals surface area contributed by atoms with Gasteiger partial charge in [-0.1, -0.05) is 30.0 Å². The van der Waals surface area contributed by atoms with E-state index in [2.05, 4.69) is 0 Å². The number of esters is 1. The highest BCUT2D eigenvalue weighted by molar-refractivity contribution is 8.09. The molecule has 0 bridgehead atoms. The maximum atomic E-state index is 12.4. The highest BCUT2D eigenvalue weighted by atomic mass is 32.2. The van der Waals surface area contributed by atoms with Crippen LogP contribution >= 0.6 is 34.4 Å². The summed E-state index contributed by atoms with van der Waals surface area (Å²) in [6.45, 7) is 5.44. The second kappa shape index (κ2) is 6.76. The molecule has 1 aromatic heterocycles. The van der Waals surface area contributed by atoms with Gasteiger partial charge >= 0.3 is 11.9 Å². The summed E-state index contributed by atoms with van der Waals surface area (Å²) in [7, 11) is 0. The fraction of sp³-hybridized carbons (Fsp3) is 0.267. The first-order valence-corrected chi connectivity index (χ1v) is 8.89. The number of hydrogen-bond donors (Lipinski definition) is 2. The number of thioether (sulfide) groups is 1. The van der Waals surface area contributed by atoms with E-state index in [1.165, 1.54) is 11.8 Å². The first-order valence-electron chi connectivity index (χ1n) is 6.45. The van der Waals surface area contributed by atoms with Crippen LogP contribution in [0.4, 0.5) is 0 Å². The molecule has 0 aliphatic carbocycles. The lowest BCUT2D eigenvalue weighted by molar-refractivity contribution is -0.146. The number of aliphatic hydroxyl groups excluding tert-OH is 1. The molecule has 0 radical (unpaired) electrons. The number of carbonyl (C=O) groups excluding carboxylic acids is 1. The van der Waals surface area contributed by atoms with Gasteiger partial charge in [-0.25, -0.2) is 4.79 Å². The molecule has 2 aromatic rings. The van der Waals surface area contributed by atoms with E-state index < -0.39 is 17.5 Å². The fourth-order valence-electron chi connectivity index (χ4n) is 1.46. The van der Waals surface area contributed by atoms with E-state index in [4.69, 9.17) is 14.9 Å². The highest BCUT2D eigenvalue weighted by Crippen LogP contribution is 2.29. The number of rotatable bonds is 3. The van der Waals surface area contributed by atoms with Crippen LogP contribution in [0.25, 0.3) is 10.9 Å². The topological polar surface area (TPSA) is 66.8 Å². The highest BCUT2D eigenvalue weighted by Gasteiger charge is 2.23. The van der Waals surface area contributed by atoms with Gasteiger partial charge in [-0.15, -0.1) is 22.7 Å². The van der Waals surface area contributed by atoms with E-state index in [1.807, 2.05) is 51.1 Å². The Hall–Kier alpha value is -1.44. The normalized spacial score (nSPS) is 11.2. The van der Waals surface area contributed by atoms with Gasteiger partial charge in [0, 0.05) is 4.90 Å². The van der Waals surface area contributed by atoms with Gasteiger partial charge in [-0.2, -0.15) is 0 Å². The molecule has 4 nitrogen and oxygen atoms in total. The Morgan fingerprint density at radius 1 is 1.09 bits per heavy atom. The van der Waals surface area contributed by atoms with Crippen LogP contribution in [0.3, 0.4) is 0 Å². The summed E-state index contributed by atoms with van der Waals surface area (Å²) in [5.74, 6) is -1.13. The lowest BCUT2D eigenvalue weighted by Gasteiger charge is -2.20. The third-order valence-corrected chi connectivity index (χ3v) is 6.14. The molecule has 0 amide bonds. The first-order chi connectivity index (χ1) is 10.3. The van der Waals surface area contributed by atoms with E-state index in [1.54, 1.807) is 0 Å². The molecule has 0 unspecified atom stereocenters. The molecule has 22 heavy (non-hydrogen) atoms. The van der Waals surface area contributed by atoms with E-state index in [0.29, 0.717) is 12.6 Å². The molecule has 1 heterocycles. The fourth-order valence-corrected chi connectivity index (χ4v) is 4.33. The molecular weight excluding hydrogens is 340 g/mol. The third kappa shape index (κ3) is 4.53. The summed E-state index contributed by atoms with van der Waals surface area (Å²) in [4.78, 5) is 13.8. The van der Waals surface area contributed by atoms with Gasteiger partial charge in [0.2, 0.25) is 0 Å². The Morgan fingerprint density at radius 3 is 2.18 bits per heavy atom. The van der Waals surface area contributed by atoms with Crippen molar-refractivity contribution in [1.82, 2.24) is 0 Å². The van der Waals surface area contributed by atoms with Crippen LogP contribution in [-0.4, -0.2) is 21.8 Å². The Labute approximate surface area is 140 Å². The standard InChI is InChI=1S/C15H16O4S3/c1-15(2,3)19-12(18)10(13-21-14(22-13)11(16)17)20-9-7-5-4-6-8-9/h4-8,16-17H,1-3H3. The molecule has 7 heteroatoms. The van der Waals surface area contributed by atoms with Gasteiger partial charge in [0.1, 0.15) is 14.4 Å². The zero-order chi connectivity index (χ0) is 16.3. The second-order valence-electron chi connectivity index (χ2n) is 5.35. The monoisotopic (exact) mass is 356 g/mol. The van der Waals surface area contributed by atoms with Crippen LogP contribution in [0.15, 0.2) is 35.2 Å². The van der Waals surface area contributed by atoms with Crippen molar-refractivity contribution < 1.29 is 19.7 Å². The summed E-state index contributed by atoms with van der Waals surface area (Å²) in [6, 6.07) is 9.51. The van der Waals surface area contributed by atoms with Crippen LogP contribution in [0, 0.1) is 0 Å². The van der Waals surface area contributed by atoms with Crippen LogP contribution in [-0.2, 0) is 9.53 Å². The maximum absolute atomic E-state index is 12.4. The molecule has 0 saturated heterocycles. The lowest BCUT2D eigenvalue weighted by atomic mass is 10.2. The second-order valence-corrected chi connectivity index (χ2v) is 8.99. The first kappa shape index (κ1) is 16.9. The molecule has 118 valence electrons. The van der Waals surface area contributed by atoms with Crippen molar-refractivity contribution in [2.24, 2.45) is 0 Å². The Bertz CT molecular complexity index is 744. The third-order valence-electron chi connectivity index (χ3n) is 2.29. The minimum absolute atomic E-state index is 0.379. The number of aliphatic hydroxyl groups is 2. The lowest BCUT2D eigenvalue weighted by Crippen LogP contribution is -2.27. The summed E-state index contributed by atoms with van der Waals surface area (Å²) < 4.78 is 6.53. The van der Waals surface area contributed by atoms with Crippen LogP contribution < -0.4 is 7.69 Å². The van der Waals surface area contributed by atoms with Crippen molar-refractivity contribution in [3.05, 3.63) is 38.0 Å².